The van der Waals surface area contributed by atoms with Crippen molar-refractivity contribution in [1.29, 1.82) is 0 Å². The Balaban J connectivity index is 2.03. The molecule has 6 nitrogen and oxygen atoms in total. The molecule has 1 aromatic heterocycles. The molecule has 3 aromatic rings. The summed E-state index contributed by atoms with van der Waals surface area (Å²) in [6.45, 7) is 5.99. The number of benzene rings is 2. The number of thioether (sulfide) groups is 1. The SMILES string of the molecule is CCC(C)(C)NC(=O)CSc1nc2ccccc2c(=O)n1-c1cccc(OC)c1. The maximum absolute atomic E-state index is 13.2. The quantitative estimate of drug-likeness (QED) is 0.473. The van der Waals surface area contributed by atoms with Crippen molar-refractivity contribution < 1.29 is 9.53 Å². The van der Waals surface area contributed by atoms with Crippen LogP contribution in [0.2, 0.25) is 0 Å². The first-order valence-corrected chi connectivity index (χ1v) is 10.4. The van der Waals surface area contributed by atoms with Crippen LogP contribution in [0, 0.1) is 0 Å². The van der Waals surface area contributed by atoms with Crippen LogP contribution in [0.15, 0.2) is 58.5 Å². The second-order valence-electron chi connectivity index (χ2n) is 7.33. The minimum absolute atomic E-state index is 0.0959. The first-order valence-electron chi connectivity index (χ1n) is 9.44. The minimum atomic E-state index is -0.277. The molecule has 0 radical (unpaired) electrons. The molecule has 0 atom stereocenters. The van der Waals surface area contributed by atoms with Crippen LogP contribution in [0.3, 0.4) is 0 Å². The average molecular weight is 412 g/mol. The zero-order valence-corrected chi connectivity index (χ0v) is 17.9. The number of amides is 1. The summed E-state index contributed by atoms with van der Waals surface area (Å²) in [5, 5.41) is 4.00. The van der Waals surface area contributed by atoms with E-state index in [-0.39, 0.29) is 22.8 Å². The lowest BCUT2D eigenvalue weighted by molar-refractivity contribution is -0.120. The number of hydrogen-bond acceptors (Lipinski definition) is 5. The molecule has 152 valence electrons. The molecule has 0 saturated heterocycles. The highest BCUT2D eigenvalue weighted by Gasteiger charge is 2.19. The Bertz CT molecular complexity index is 1090. The van der Waals surface area contributed by atoms with Gasteiger partial charge < -0.3 is 10.1 Å². The Morgan fingerprint density at radius 1 is 1.21 bits per heavy atom. The molecule has 1 heterocycles. The predicted molar refractivity (Wildman–Crippen MR) is 117 cm³/mol. The van der Waals surface area contributed by atoms with Crippen LogP contribution in [-0.2, 0) is 4.79 Å². The molecule has 3 rings (SSSR count). The van der Waals surface area contributed by atoms with Crippen LogP contribution in [-0.4, -0.2) is 33.9 Å². The third kappa shape index (κ3) is 4.79. The summed E-state index contributed by atoms with van der Waals surface area (Å²) < 4.78 is 6.84. The first-order chi connectivity index (χ1) is 13.8. The molecule has 7 heteroatoms. The standard InChI is InChI=1S/C22H25N3O3S/c1-5-22(2,3)24-19(26)14-29-21-23-18-12-7-6-11-17(18)20(27)25(21)15-9-8-10-16(13-15)28-4/h6-13H,5,14H2,1-4H3,(H,24,26). The number of carbonyl (C=O) groups is 1. The Hall–Kier alpha value is -2.80. The number of aromatic nitrogens is 2. The summed E-state index contributed by atoms with van der Waals surface area (Å²) in [6, 6.07) is 14.5. The maximum atomic E-state index is 13.2. The molecule has 0 aliphatic rings. The van der Waals surface area contributed by atoms with Gasteiger partial charge in [-0.1, -0.05) is 36.9 Å². The zero-order valence-electron chi connectivity index (χ0n) is 17.1. The lowest BCUT2D eigenvalue weighted by Gasteiger charge is -2.24. The number of nitrogens with one attached hydrogen (secondary N) is 1. The van der Waals surface area contributed by atoms with Crippen LogP contribution in [0.25, 0.3) is 16.6 Å². The average Bonchev–Trinajstić information content (AvgIpc) is 2.72. The van der Waals surface area contributed by atoms with Crippen molar-refractivity contribution in [3.05, 3.63) is 58.9 Å². The van der Waals surface area contributed by atoms with E-state index in [0.29, 0.717) is 27.5 Å². The molecule has 29 heavy (non-hydrogen) atoms. The molecule has 0 spiro atoms. The van der Waals surface area contributed by atoms with E-state index in [1.165, 1.54) is 16.3 Å². The number of nitrogens with zero attached hydrogens (tertiary/aromatic N) is 2. The number of methoxy groups -OCH3 is 1. The molecule has 1 N–H and O–H groups in total. The zero-order chi connectivity index (χ0) is 21.0. The fourth-order valence-electron chi connectivity index (χ4n) is 2.82. The van der Waals surface area contributed by atoms with Crippen LogP contribution in [0.1, 0.15) is 27.2 Å². The highest BCUT2D eigenvalue weighted by molar-refractivity contribution is 7.99. The number of rotatable bonds is 7. The van der Waals surface area contributed by atoms with E-state index in [2.05, 4.69) is 10.3 Å². The molecular weight excluding hydrogens is 386 g/mol. The fraction of sp³-hybridized carbons (Fsp3) is 0.318. The highest BCUT2D eigenvalue weighted by Crippen LogP contribution is 2.23. The molecule has 2 aromatic carbocycles. The van der Waals surface area contributed by atoms with Gasteiger partial charge in [-0.05, 0) is 44.5 Å². The molecular formula is C22H25N3O3S. The van der Waals surface area contributed by atoms with Gasteiger partial charge in [-0.3, -0.25) is 14.2 Å². The summed E-state index contributed by atoms with van der Waals surface area (Å²) in [5.41, 5.74) is 0.791. The Morgan fingerprint density at radius 2 is 1.97 bits per heavy atom. The molecule has 0 aliphatic carbocycles. The van der Waals surface area contributed by atoms with E-state index in [4.69, 9.17) is 4.74 Å². The van der Waals surface area contributed by atoms with E-state index in [1.807, 2.05) is 51.1 Å². The van der Waals surface area contributed by atoms with Crippen molar-refractivity contribution in [3.8, 4) is 11.4 Å². The summed E-state index contributed by atoms with van der Waals surface area (Å²) in [6.07, 6.45) is 0.826. The molecule has 1 amide bonds. The van der Waals surface area contributed by atoms with Gasteiger partial charge in [0.15, 0.2) is 5.16 Å². The van der Waals surface area contributed by atoms with Gasteiger partial charge in [-0.25, -0.2) is 4.98 Å². The lowest BCUT2D eigenvalue weighted by Crippen LogP contribution is -2.43. The second kappa shape index (κ2) is 8.69. The van der Waals surface area contributed by atoms with Gasteiger partial charge in [0.2, 0.25) is 5.91 Å². The van der Waals surface area contributed by atoms with Gasteiger partial charge in [-0.15, -0.1) is 0 Å². The van der Waals surface area contributed by atoms with E-state index in [0.717, 1.165) is 6.42 Å². The van der Waals surface area contributed by atoms with Crippen molar-refractivity contribution >= 4 is 28.6 Å². The summed E-state index contributed by atoms with van der Waals surface area (Å²) in [5.74, 6) is 0.709. The van der Waals surface area contributed by atoms with Crippen LogP contribution >= 0.6 is 11.8 Å². The van der Waals surface area contributed by atoms with Gasteiger partial charge >= 0.3 is 0 Å². The van der Waals surface area contributed by atoms with E-state index >= 15 is 0 Å². The van der Waals surface area contributed by atoms with Crippen LogP contribution in [0.4, 0.5) is 0 Å². The monoisotopic (exact) mass is 411 g/mol. The normalized spacial score (nSPS) is 11.4. The highest BCUT2D eigenvalue weighted by atomic mass is 32.2. The summed E-state index contributed by atoms with van der Waals surface area (Å²) in [4.78, 5) is 30.3. The number of ether oxygens (including phenoxy) is 1. The molecule has 0 fully saturated rings. The second-order valence-corrected chi connectivity index (χ2v) is 8.27. The smallest absolute Gasteiger partial charge is 0.266 e. The number of hydrogen-bond donors (Lipinski definition) is 1. The Kier molecular flexibility index (Phi) is 6.27. The van der Waals surface area contributed by atoms with Gasteiger partial charge in [0, 0.05) is 11.6 Å². The first kappa shape index (κ1) is 20.9. The largest absolute Gasteiger partial charge is 0.497 e. The number of para-hydroxylation sites is 1. The van der Waals surface area contributed by atoms with Crippen molar-refractivity contribution in [3.63, 3.8) is 0 Å². The fourth-order valence-corrected chi connectivity index (χ4v) is 3.63. The minimum Gasteiger partial charge on any atom is -0.497 e. The predicted octanol–water partition coefficient (Wildman–Crippen LogP) is 3.79. The van der Waals surface area contributed by atoms with Crippen molar-refractivity contribution in [2.75, 3.05) is 12.9 Å². The summed E-state index contributed by atoms with van der Waals surface area (Å²) in [7, 11) is 1.58. The van der Waals surface area contributed by atoms with Crippen molar-refractivity contribution in [2.24, 2.45) is 0 Å². The third-order valence-electron chi connectivity index (χ3n) is 4.75. The van der Waals surface area contributed by atoms with Gasteiger partial charge in [0.25, 0.3) is 5.56 Å². The van der Waals surface area contributed by atoms with Gasteiger partial charge in [0.1, 0.15) is 5.75 Å². The lowest BCUT2D eigenvalue weighted by atomic mass is 10.0. The topological polar surface area (TPSA) is 73.2 Å². The molecule has 0 aliphatic heterocycles. The van der Waals surface area contributed by atoms with Gasteiger partial charge in [0.05, 0.1) is 29.5 Å². The summed E-state index contributed by atoms with van der Waals surface area (Å²) >= 11 is 1.24. The molecule has 0 unspecified atom stereocenters. The van der Waals surface area contributed by atoms with Crippen molar-refractivity contribution in [2.45, 2.75) is 37.9 Å². The van der Waals surface area contributed by atoms with Crippen LogP contribution in [0.5, 0.6) is 5.75 Å². The number of carbonyl (C=O) groups excluding carboxylic acids is 1. The Labute approximate surface area is 174 Å². The Morgan fingerprint density at radius 3 is 2.69 bits per heavy atom. The third-order valence-corrected chi connectivity index (χ3v) is 5.69. The van der Waals surface area contributed by atoms with Crippen LogP contribution < -0.4 is 15.6 Å². The number of fused-ring (bicyclic) bond motifs is 1. The van der Waals surface area contributed by atoms with Gasteiger partial charge in [-0.2, -0.15) is 0 Å². The van der Waals surface area contributed by atoms with E-state index in [1.54, 1.807) is 25.3 Å². The molecule has 0 bridgehead atoms. The maximum Gasteiger partial charge on any atom is 0.266 e. The van der Waals surface area contributed by atoms with Crippen molar-refractivity contribution in [1.82, 2.24) is 14.9 Å². The van der Waals surface area contributed by atoms with E-state index in [9.17, 15) is 9.59 Å². The van der Waals surface area contributed by atoms with E-state index < -0.39 is 0 Å². The molecule has 0 saturated carbocycles.